The molecule has 1 aromatic carbocycles. The Hall–Kier alpha value is -1.70. The SMILES string of the molecule is O=C1CCC[C@H]2[C@@H](Cc3ccccc3)[C@@H](NS(=O)(=O)c3cccs3)CC[C@]23CCCN13. The second kappa shape index (κ2) is 8.34. The highest BCUT2D eigenvalue weighted by Crippen LogP contribution is 2.52. The normalized spacial score (nSPS) is 31.2. The summed E-state index contributed by atoms with van der Waals surface area (Å²) in [6.07, 6.45) is 7.16. The lowest BCUT2D eigenvalue weighted by Crippen LogP contribution is -2.60. The van der Waals surface area contributed by atoms with Gasteiger partial charge in [-0.05, 0) is 73.8 Å². The van der Waals surface area contributed by atoms with Gasteiger partial charge in [0.1, 0.15) is 4.21 Å². The maximum Gasteiger partial charge on any atom is 0.250 e. The van der Waals surface area contributed by atoms with Gasteiger partial charge in [-0.1, -0.05) is 36.4 Å². The van der Waals surface area contributed by atoms with Crippen LogP contribution < -0.4 is 4.72 Å². The van der Waals surface area contributed by atoms with E-state index in [0.29, 0.717) is 22.5 Å². The van der Waals surface area contributed by atoms with E-state index in [9.17, 15) is 13.2 Å². The van der Waals surface area contributed by atoms with Crippen molar-refractivity contribution in [3.63, 3.8) is 0 Å². The van der Waals surface area contributed by atoms with E-state index in [-0.39, 0.29) is 17.5 Å². The number of carbonyl (C=O) groups excluding carboxylic acids is 1. The van der Waals surface area contributed by atoms with Crippen LogP contribution in [0.5, 0.6) is 0 Å². The zero-order valence-corrected chi connectivity index (χ0v) is 19.3. The van der Waals surface area contributed by atoms with Crippen LogP contribution in [0.4, 0.5) is 0 Å². The summed E-state index contributed by atoms with van der Waals surface area (Å²) in [6.45, 7) is 0.860. The van der Waals surface area contributed by atoms with Crippen LogP contribution in [-0.4, -0.2) is 37.4 Å². The molecule has 0 unspecified atom stereocenters. The highest BCUT2D eigenvalue weighted by Gasteiger charge is 2.56. The Morgan fingerprint density at radius 3 is 2.68 bits per heavy atom. The van der Waals surface area contributed by atoms with Crippen LogP contribution >= 0.6 is 11.3 Å². The molecular weight excluding hydrogens is 428 g/mol. The van der Waals surface area contributed by atoms with E-state index >= 15 is 0 Å². The van der Waals surface area contributed by atoms with Crippen LogP contribution in [0.25, 0.3) is 0 Å². The lowest BCUT2D eigenvalue weighted by molar-refractivity contribution is -0.138. The molecule has 1 aliphatic carbocycles. The number of nitrogens with zero attached hydrogens (tertiary/aromatic N) is 1. The minimum atomic E-state index is -3.54. The van der Waals surface area contributed by atoms with Gasteiger partial charge in [0, 0.05) is 24.5 Å². The van der Waals surface area contributed by atoms with Crippen LogP contribution in [0.2, 0.25) is 0 Å². The fourth-order valence-electron chi connectivity index (χ4n) is 6.49. The number of amides is 1. The molecule has 1 N–H and O–H groups in total. The molecule has 2 saturated heterocycles. The largest absolute Gasteiger partial charge is 0.337 e. The summed E-state index contributed by atoms with van der Waals surface area (Å²) >= 11 is 1.26. The Kier molecular flexibility index (Phi) is 5.69. The number of benzene rings is 1. The molecule has 0 radical (unpaired) electrons. The number of hydrogen-bond donors (Lipinski definition) is 1. The fraction of sp³-hybridized carbons (Fsp3) is 0.542. The van der Waals surface area contributed by atoms with Gasteiger partial charge in [-0.3, -0.25) is 4.79 Å². The maximum absolute atomic E-state index is 13.1. The summed E-state index contributed by atoms with van der Waals surface area (Å²) in [5.41, 5.74) is 1.16. The number of sulfonamides is 1. The van der Waals surface area contributed by atoms with Gasteiger partial charge >= 0.3 is 0 Å². The first-order chi connectivity index (χ1) is 15.0. The lowest BCUT2D eigenvalue weighted by Gasteiger charge is -2.53. The highest BCUT2D eigenvalue weighted by molar-refractivity contribution is 7.91. The molecule has 5 nitrogen and oxygen atoms in total. The highest BCUT2D eigenvalue weighted by atomic mass is 32.2. The monoisotopic (exact) mass is 458 g/mol. The van der Waals surface area contributed by atoms with Crippen molar-refractivity contribution >= 4 is 27.3 Å². The first-order valence-electron chi connectivity index (χ1n) is 11.4. The molecule has 4 atom stereocenters. The van der Waals surface area contributed by atoms with Crippen molar-refractivity contribution in [2.75, 3.05) is 6.54 Å². The summed E-state index contributed by atoms with van der Waals surface area (Å²) in [6, 6.07) is 13.7. The number of carbonyl (C=O) groups is 1. The van der Waals surface area contributed by atoms with Gasteiger partial charge in [0.2, 0.25) is 15.9 Å². The number of hydrogen-bond acceptors (Lipinski definition) is 4. The molecule has 31 heavy (non-hydrogen) atoms. The summed E-state index contributed by atoms with van der Waals surface area (Å²) in [7, 11) is -3.54. The van der Waals surface area contributed by atoms with E-state index in [0.717, 1.165) is 51.5 Å². The molecular formula is C24H30N2O3S2. The van der Waals surface area contributed by atoms with Gasteiger partial charge in [0.25, 0.3) is 0 Å². The second-order valence-corrected chi connectivity index (χ2v) is 12.2. The standard InChI is InChI=1S/C24H30N2O3S2/c27-22-10-4-9-20-19(17-18-7-2-1-3-8-18)21(12-14-24(20)13-6-15-26(22)24)25-31(28,29)23-11-5-16-30-23/h1-3,5,7-8,11,16,19-21,25H,4,6,9-10,12-15,17H2/t19-,20+,21+,24-/m1/s1. The van der Waals surface area contributed by atoms with E-state index in [1.165, 1.54) is 16.9 Å². The number of rotatable bonds is 5. The summed E-state index contributed by atoms with van der Waals surface area (Å²) in [5, 5.41) is 1.80. The topological polar surface area (TPSA) is 66.5 Å². The van der Waals surface area contributed by atoms with E-state index in [4.69, 9.17) is 0 Å². The average Bonchev–Trinajstić information content (AvgIpc) is 3.42. The third-order valence-corrected chi connectivity index (χ3v) is 10.6. The number of thiophene rings is 1. The molecule has 1 saturated carbocycles. The predicted octanol–water partition coefficient (Wildman–Crippen LogP) is 4.21. The van der Waals surface area contributed by atoms with Gasteiger partial charge in [-0.2, -0.15) is 0 Å². The first kappa shape index (κ1) is 21.2. The minimum absolute atomic E-state index is 0.0854. The molecule has 7 heteroatoms. The summed E-state index contributed by atoms with van der Waals surface area (Å²) in [4.78, 5) is 15.1. The summed E-state index contributed by atoms with van der Waals surface area (Å²) in [5.74, 6) is 0.805. The van der Waals surface area contributed by atoms with Crippen molar-refractivity contribution in [2.24, 2.45) is 11.8 Å². The molecule has 3 aliphatic rings. The van der Waals surface area contributed by atoms with Crippen LogP contribution in [-0.2, 0) is 21.2 Å². The lowest BCUT2D eigenvalue weighted by atomic mass is 9.61. The average molecular weight is 459 g/mol. The molecule has 3 fully saturated rings. The Morgan fingerprint density at radius 1 is 1.06 bits per heavy atom. The van der Waals surface area contributed by atoms with E-state index in [2.05, 4.69) is 33.9 Å². The minimum Gasteiger partial charge on any atom is -0.337 e. The third-order valence-electron chi connectivity index (χ3n) is 7.73. The molecule has 1 amide bonds. The summed E-state index contributed by atoms with van der Waals surface area (Å²) < 4.78 is 29.7. The van der Waals surface area contributed by atoms with Crippen molar-refractivity contribution < 1.29 is 13.2 Å². The predicted molar refractivity (Wildman–Crippen MR) is 122 cm³/mol. The molecule has 166 valence electrons. The van der Waals surface area contributed by atoms with Crippen LogP contribution in [0.3, 0.4) is 0 Å². The molecule has 1 aromatic heterocycles. The molecule has 2 aromatic rings. The van der Waals surface area contributed by atoms with E-state index < -0.39 is 10.0 Å². The van der Waals surface area contributed by atoms with Crippen molar-refractivity contribution in [2.45, 2.75) is 67.2 Å². The van der Waals surface area contributed by atoms with Crippen LogP contribution in [0.15, 0.2) is 52.1 Å². The van der Waals surface area contributed by atoms with Crippen molar-refractivity contribution in [3.05, 3.63) is 53.4 Å². The molecule has 1 spiro atoms. The van der Waals surface area contributed by atoms with Crippen LogP contribution in [0.1, 0.15) is 50.5 Å². The maximum atomic E-state index is 13.1. The van der Waals surface area contributed by atoms with Gasteiger partial charge < -0.3 is 4.90 Å². The third kappa shape index (κ3) is 3.85. The zero-order chi connectivity index (χ0) is 21.5. The first-order valence-corrected chi connectivity index (χ1v) is 13.8. The molecule has 5 rings (SSSR count). The van der Waals surface area contributed by atoms with E-state index in [1.807, 2.05) is 6.07 Å². The zero-order valence-electron chi connectivity index (χ0n) is 17.7. The fourth-order valence-corrected chi connectivity index (χ4v) is 8.82. The number of nitrogens with one attached hydrogen (secondary N) is 1. The van der Waals surface area contributed by atoms with Gasteiger partial charge in [-0.25, -0.2) is 13.1 Å². The Bertz CT molecular complexity index is 1020. The van der Waals surface area contributed by atoms with Crippen LogP contribution in [0, 0.1) is 11.8 Å². The van der Waals surface area contributed by atoms with Gasteiger partial charge in [0.05, 0.1) is 0 Å². The molecule has 2 aliphatic heterocycles. The Labute approximate surface area is 188 Å². The van der Waals surface area contributed by atoms with Crippen molar-refractivity contribution in [1.29, 1.82) is 0 Å². The molecule has 0 bridgehead atoms. The van der Waals surface area contributed by atoms with Gasteiger partial charge in [-0.15, -0.1) is 11.3 Å². The Balaban J connectivity index is 1.51. The van der Waals surface area contributed by atoms with Gasteiger partial charge in [0.15, 0.2) is 0 Å². The van der Waals surface area contributed by atoms with Crippen molar-refractivity contribution in [3.8, 4) is 0 Å². The quantitative estimate of drug-likeness (QED) is 0.730. The Morgan fingerprint density at radius 2 is 1.90 bits per heavy atom. The second-order valence-electron chi connectivity index (χ2n) is 9.30. The molecule has 3 heterocycles. The van der Waals surface area contributed by atoms with E-state index in [1.54, 1.807) is 17.5 Å². The van der Waals surface area contributed by atoms with Crippen molar-refractivity contribution in [1.82, 2.24) is 9.62 Å². The smallest absolute Gasteiger partial charge is 0.250 e.